The van der Waals surface area contributed by atoms with Crippen molar-refractivity contribution in [3.63, 3.8) is 0 Å². The summed E-state index contributed by atoms with van der Waals surface area (Å²) in [5, 5.41) is 29.2. The Balaban J connectivity index is 4.59. The molecular formula is C20H38O5. The van der Waals surface area contributed by atoms with E-state index < -0.39 is 18.2 Å². The molecule has 0 aliphatic carbocycles. The Hall–Kier alpha value is -0.910. The lowest BCUT2D eigenvalue weighted by Crippen LogP contribution is -2.32. The second kappa shape index (κ2) is 16.6. The average Bonchev–Trinajstić information content (AvgIpc) is 2.61. The zero-order valence-electron chi connectivity index (χ0n) is 16.1. The van der Waals surface area contributed by atoms with E-state index >= 15 is 0 Å². The van der Waals surface area contributed by atoms with Gasteiger partial charge < -0.3 is 20.1 Å². The number of hydrogen-bond donors (Lipinski definition) is 3. The zero-order chi connectivity index (χ0) is 18.9. The van der Waals surface area contributed by atoms with Crippen molar-refractivity contribution in [1.29, 1.82) is 0 Å². The molecule has 3 N–H and O–H groups in total. The predicted octanol–water partition coefficient (Wildman–Crippen LogP) is 3.50. The van der Waals surface area contributed by atoms with Crippen molar-refractivity contribution in [2.24, 2.45) is 0 Å². The van der Waals surface area contributed by atoms with Crippen molar-refractivity contribution < 1.29 is 24.9 Å². The SMILES string of the molecule is CCCCCCCC/C=C(\C(=O)OCCCO)C(O)C(O)CCCC. The molecule has 0 bridgehead atoms. The number of carbonyl (C=O) groups is 1. The first-order valence-electron chi connectivity index (χ1n) is 9.92. The second-order valence-electron chi connectivity index (χ2n) is 6.58. The summed E-state index contributed by atoms with van der Waals surface area (Å²) in [6.45, 7) is 4.26. The van der Waals surface area contributed by atoms with E-state index in [1.54, 1.807) is 6.08 Å². The van der Waals surface area contributed by atoms with Gasteiger partial charge in [-0.2, -0.15) is 0 Å². The molecule has 0 aromatic heterocycles. The molecule has 25 heavy (non-hydrogen) atoms. The van der Waals surface area contributed by atoms with Gasteiger partial charge in [0.1, 0.15) is 6.10 Å². The van der Waals surface area contributed by atoms with Gasteiger partial charge in [0, 0.05) is 13.0 Å². The van der Waals surface area contributed by atoms with Crippen LogP contribution in [0, 0.1) is 0 Å². The van der Waals surface area contributed by atoms with Gasteiger partial charge in [-0.1, -0.05) is 64.9 Å². The van der Waals surface area contributed by atoms with Crippen molar-refractivity contribution in [2.75, 3.05) is 13.2 Å². The number of esters is 1. The third-order valence-corrected chi connectivity index (χ3v) is 4.23. The van der Waals surface area contributed by atoms with Crippen LogP contribution in [0.3, 0.4) is 0 Å². The fraction of sp³-hybridized carbons (Fsp3) is 0.850. The van der Waals surface area contributed by atoms with Gasteiger partial charge >= 0.3 is 5.97 Å². The summed E-state index contributed by atoms with van der Waals surface area (Å²) in [5.41, 5.74) is 0.148. The fourth-order valence-corrected chi connectivity index (χ4v) is 2.60. The van der Waals surface area contributed by atoms with Crippen molar-refractivity contribution in [3.05, 3.63) is 11.6 Å². The molecule has 0 amide bonds. The fourth-order valence-electron chi connectivity index (χ4n) is 2.60. The Morgan fingerprint density at radius 3 is 2.24 bits per heavy atom. The lowest BCUT2D eigenvalue weighted by Gasteiger charge is -2.20. The number of allylic oxidation sites excluding steroid dienone is 1. The molecular weight excluding hydrogens is 320 g/mol. The van der Waals surface area contributed by atoms with Crippen LogP contribution in [-0.4, -0.2) is 46.7 Å². The first-order valence-corrected chi connectivity index (χ1v) is 9.92. The zero-order valence-corrected chi connectivity index (χ0v) is 16.1. The summed E-state index contributed by atoms with van der Waals surface area (Å²) in [6.07, 6.45) is 9.68. The molecule has 148 valence electrons. The first-order chi connectivity index (χ1) is 12.1. The molecule has 0 saturated carbocycles. The minimum absolute atomic E-state index is 0.0498. The van der Waals surface area contributed by atoms with Gasteiger partial charge in [-0.15, -0.1) is 0 Å². The number of aliphatic hydroxyl groups is 3. The Bertz CT molecular complexity index is 354. The summed E-state index contributed by atoms with van der Waals surface area (Å²) in [7, 11) is 0. The van der Waals surface area contributed by atoms with Gasteiger partial charge in [0.2, 0.25) is 0 Å². The first kappa shape index (κ1) is 24.1. The number of aliphatic hydroxyl groups excluding tert-OH is 3. The molecule has 2 unspecified atom stereocenters. The third-order valence-electron chi connectivity index (χ3n) is 4.23. The molecule has 0 fully saturated rings. The van der Waals surface area contributed by atoms with Gasteiger partial charge in [-0.25, -0.2) is 4.79 Å². The highest BCUT2D eigenvalue weighted by molar-refractivity contribution is 5.89. The standard InChI is InChI=1S/C20H38O5/c1-3-5-7-8-9-10-11-13-17(20(24)25-16-12-15-21)19(23)18(22)14-6-4-2/h13,18-19,21-23H,3-12,14-16H2,1-2H3/b17-13-. The minimum atomic E-state index is -1.21. The van der Waals surface area contributed by atoms with Crippen LogP contribution in [0.1, 0.15) is 84.5 Å². The molecule has 0 rings (SSSR count). The van der Waals surface area contributed by atoms with E-state index in [1.807, 2.05) is 6.92 Å². The topological polar surface area (TPSA) is 87.0 Å². The van der Waals surface area contributed by atoms with E-state index in [9.17, 15) is 15.0 Å². The van der Waals surface area contributed by atoms with Gasteiger partial charge in [0.15, 0.2) is 0 Å². The van der Waals surface area contributed by atoms with Crippen LogP contribution in [-0.2, 0) is 9.53 Å². The van der Waals surface area contributed by atoms with E-state index in [-0.39, 0.29) is 18.8 Å². The summed E-state index contributed by atoms with van der Waals surface area (Å²) in [4.78, 5) is 12.2. The van der Waals surface area contributed by atoms with Gasteiger partial charge in [0.25, 0.3) is 0 Å². The molecule has 2 atom stereocenters. The van der Waals surface area contributed by atoms with E-state index in [4.69, 9.17) is 9.84 Å². The Morgan fingerprint density at radius 2 is 1.60 bits per heavy atom. The van der Waals surface area contributed by atoms with E-state index in [0.717, 1.165) is 25.7 Å². The van der Waals surface area contributed by atoms with E-state index in [1.165, 1.54) is 25.7 Å². The molecule has 0 saturated heterocycles. The maximum atomic E-state index is 12.2. The Labute approximate surface area is 153 Å². The summed E-state index contributed by atoms with van der Waals surface area (Å²) in [6, 6.07) is 0. The van der Waals surface area contributed by atoms with Crippen LogP contribution >= 0.6 is 0 Å². The molecule has 0 heterocycles. The van der Waals surface area contributed by atoms with Crippen LogP contribution in [0.4, 0.5) is 0 Å². The molecule has 5 nitrogen and oxygen atoms in total. The van der Waals surface area contributed by atoms with Crippen molar-refractivity contribution >= 4 is 5.97 Å². The predicted molar refractivity (Wildman–Crippen MR) is 100 cm³/mol. The number of unbranched alkanes of at least 4 members (excludes halogenated alkanes) is 7. The van der Waals surface area contributed by atoms with Crippen molar-refractivity contribution in [2.45, 2.75) is 96.7 Å². The molecule has 0 aromatic rings. The second-order valence-corrected chi connectivity index (χ2v) is 6.58. The monoisotopic (exact) mass is 358 g/mol. The molecule has 0 spiro atoms. The summed E-state index contributed by atoms with van der Waals surface area (Å²) < 4.78 is 5.09. The van der Waals surface area contributed by atoms with E-state index in [2.05, 4.69) is 6.92 Å². The van der Waals surface area contributed by atoms with Crippen LogP contribution in [0.15, 0.2) is 11.6 Å². The van der Waals surface area contributed by atoms with E-state index in [0.29, 0.717) is 19.3 Å². The molecule has 0 aliphatic rings. The Kier molecular flexibility index (Phi) is 16.0. The highest BCUT2D eigenvalue weighted by Crippen LogP contribution is 2.17. The smallest absolute Gasteiger partial charge is 0.336 e. The lowest BCUT2D eigenvalue weighted by atomic mass is 9.98. The van der Waals surface area contributed by atoms with Gasteiger partial charge in [-0.05, 0) is 19.3 Å². The van der Waals surface area contributed by atoms with Crippen LogP contribution in [0.5, 0.6) is 0 Å². The number of rotatable bonds is 16. The van der Waals surface area contributed by atoms with Crippen LogP contribution in [0.2, 0.25) is 0 Å². The highest BCUT2D eigenvalue weighted by atomic mass is 16.5. The summed E-state index contributed by atoms with van der Waals surface area (Å²) in [5.74, 6) is -0.595. The lowest BCUT2D eigenvalue weighted by molar-refractivity contribution is -0.141. The minimum Gasteiger partial charge on any atom is -0.462 e. The third kappa shape index (κ3) is 12.1. The summed E-state index contributed by atoms with van der Waals surface area (Å²) >= 11 is 0. The maximum Gasteiger partial charge on any atom is 0.336 e. The molecule has 0 aliphatic heterocycles. The molecule has 5 heteroatoms. The number of hydrogen-bond acceptors (Lipinski definition) is 5. The maximum absolute atomic E-state index is 12.2. The van der Waals surface area contributed by atoms with Gasteiger partial charge in [0.05, 0.1) is 18.3 Å². The average molecular weight is 359 g/mol. The normalized spacial score (nSPS) is 14.4. The quantitative estimate of drug-likeness (QED) is 0.223. The highest BCUT2D eigenvalue weighted by Gasteiger charge is 2.26. The molecule has 0 radical (unpaired) electrons. The number of carbonyl (C=O) groups excluding carboxylic acids is 1. The van der Waals surface area contributed by atoms with Crippen LogP contribution < -0.4 is 0 Å². The molecule has 0 aromatic carbocycles. The van der Waals surface area contributed by atoms with Crippen LogP contribution in [0.25, 0.3) is 0 Å². The number of ether oxygens (including phenoxy) is 1. The Morgan fingerprint density at radius 1 is 0.960 bits per heavy atom. The van der Waals surface area contributed by atoms with Crippen molar-refractivity contribution in [1.82, 2.24) is 0 Å². The van der Waals surface area contributed by atoms with Gasteiger partial charge in [-0.3, -0.25) is 0 Å². The van der Waals surface area contributed by atoms with Crippen molar-refractivity contribution in [3.8, 4) is 0 Å². The largest absolute Gasteiger partial charge is 0.462 e.